The summed E-state index contributed by atoms with van der Waals surface area (Å²) in [5.74, 6) is 0.173. The molecule has 0 aliphatic carbocycles. The quantitative estimate of drug-likeness (QED) is 0.905. The fourth-order valence-electron chi connectivity index (χ4n) is 2.65. The fourth-order valence-corrected chi connectivity index (χ4v) is 3.26. The monoisotopic (exact) mass is 319 g/mol. The zero-order valence-electron chi connectivity index (χ0n) is 12.1. The smallest absolute Gasteiger partial charge is 0.319 e. The molecule has 6 heteroatoms. The van der Waals surface area contributed by atoms with Gasteiger partial charge in [0.05, 0.1) is 5.00 Å². The highest BCUT2D eigenvalue weighted by Gasteiger charge is 2.23. The highest BCUT2D eigenvalue weighted by molar-refractivity contribution is 7.14. The maximum atomic E-state index is 13.3. The van der Waals surface area contributed by atoms with Crippen LogP contribution in [0.4, 0.5) is 19.9 Å². The molecule has 1 aromatic heterocycles. The fraction of sp³-hybridized carbons (Fsp3) is 0.312. The van der Waals surface area contributed by atoms with E-state index in [1.54, 1.807) is 12.1 Å². The Morgan fingerprint density at radius 1 is 1.36 bits per heavy atom. The van der Waals surface area contributed by atoms with Crippen LogP contribution < -0.4 is 15.5 Å². The van der Waals surface area contributed by atoms with Gasteiger partial charge in [-0.05, 0) is 48.1 Å². The van der Waals surface area contributed by atoms with Crippen LogP contribution in [0.1, 0.15) is 6.42 Å². The third-order valence-corrected chi connectivity index (χ3v) is 4.55. The molecule has 2 aromatic rings. The molecule has 1 aromatic carbocycles. The molecule has 1 aliphatic heterocycles. The van der Waals surface area contributed by atoms with Crippen molar-refractivity contribution < 1.29 is 9.18 Å². The maximum Gasteiger partial charge on any atom is 0.319 e. The van der Waals surface area contributed by atoms with Gasteiger partial charge in [-0.15, -0.1) is 11.3 Å². The first-order valence-electron chi connectivity index (χ1n) is 7.29. The molecule has 2 amide bonds. The van der Waals surface area contributed by atoms with Crippen molar-refractivity contribution in [2.24, 2.45) is 5.92 Å². The molecule has 0 saturated carbocycles. The minimum Gasteiger partial charge on any atom is -0.371 e. The van der Waals surface area contributed by atoms with E-state index in [4.69, 9.17) is 0 Å². The number of anilines is 2. The summed E-state index contributed by atoms with van der Waals surface area (Å²) in [6, 6.07) is 10.2. The van der Waals surface area contributed by atoms with E-state index in [-0.39, 0.29) is 11.8 Å². The van der Waals surface area contributed by atoms with Crippen LogP contribution in [0.3, 0.4) is 0 Å². The van der Waals surface area contributed by atoms with Crippen LogP contribution >= 0.6 is 11.3 Å². The summed E-state index contributed by atoms with van der Waals surface area (Å²) in [5, 5.41) is 8.46. The summed E-state index contributed by atoms with van der Waals surface area (Å²) >= 11 is 1.49. The minimum absolute atomic E-state index is 0.174. The molecule has 1 saturated heterocycles. The number of amides is 2. The molecule has 1 aliphatic rings. The van der Waals surface area contributed by atoms with E-state index in [0.717, 1.165) is 30.2 Å². The number of hydrogen-bond donors (Lipinski definition) is 2. The third-order valence-electron chi connectivity index (χ3n) is 3.77. The molecular weight excluding hydrogens is 301 g/mol. The van der Waals surface area contributed by atoms with Gasteiger partial charge >= 0.3 is 6.03 Å². The number of rotatable bonds is 4. The van der Waals surface area contributed by atoms with Crippen molar-refractivity contribution in [2.75, 3.05) is 29.9 Å². The lowest BCUT2D eigenvalue weighted by Gasteiger charge is -2.19. The number of hydrogen-bond acceptors (Lipinski definition) is 3. The minimum atomic E-state index is -0.214. The zero-order chi connectivity index (χ0) is 15.4. The van der Waals surface area contributed by atoms with Gasteiger partial charge in [0.2, 0.25) is 0 Å². The van der Waals surface area contributed by atoms with E-state index >= 15 is 0 Å². The summed E-state index contributed by atoms with van der Waals surface area (Å²) in [5.41, 5.74) is 0.908. The highest BCUT2D eigenvalue weighted by atomic mass is 32.1. The van der Waals surface area contributed by atoms with E-state index in [2.05, 4.69) is 15.5 Å². The molecule has 1 fully saturated rings. The SMILES string of the molecule is O=C(NCC1CCN(c2cccc(F)c2)C1)Nc1cccs1. The molecule has 1 atom stereocenters. The van der Waals surface area contributed by atoms with Crippen LogP contribution in [-0.4, -0.2) is 25.7 Å². The Labute approximate surface area is 132 Å². The Kier molecular flexibility index (Phi) is 4.58. The number of halogens is 1. The normalized spacial score (nSPS) is 17.5. The van der Waals surface area contributed by atoms with E-state index in [0.29, 0.717) is 12.5 Å². The molecule has 0 bridgehead atoms. The van der Waals surface area contributed by atoms with Gasteiger partial charge in [0, 0.05) is 25.3 Å². The van der Waals surface area contributed by atoms with Gasteiger partial charge in [-0.3, -0.25) is 5.32 Å². The molecule has 3 rings (SSSR count). The summed E-state index contributed by atoms with van der Waals surface area (Å²) in [7, 11) is 0. The van der Waals surface area contributed by atoms with Gasteiger partial charge < -0.3 is 10.2 Å². The third kappa shape index (κ3) is 3.76. The van der Waals surface area contributed by atoms with Crippen LogP contribution in [0.2, 0.25) is 0 Å². The number of nitrogens with zero attached hydrogens (tertiary/aromatic N) is 1. The van der Waals surface area contributed by atoms with Crippen LogP contribution in [0.15, 0.2) is 41.8 Å². The first-order valence-corrected chi connectivity index (χ1v) is 8.17. The second-order valence-electron chi connectivity index (χ2n) is 5.39. The van der Waals surface area contributed by atoms with Crippen molar-refractivity contribution in [1.82, 2.24) is 5.32 Å². The maximum absolute atomic E-state index is 13.3. The molecule has 2 N–H and O–H groups in total. The first kappa shape index (κ1) is 14.8. The largest absolute Gasteiger partial charge is 0.371 e. The summed E-state index contributed by atoms with van der Waals surface area (Å²) < 4.78 is 13.3. The van der Waals surface area contributed by atoms with E-state index in [1.165, 1.54) is 17.4 Å². The molecular formula is C16H18FN3OS. The van der Waals surface area contributed by atoms with Crippen LogP contribution in [-0.2, 0) is 0 Å². The second-order valence-corrected chi connectivity index (χ2v) is 6.34. The predicted molar refractivity (Wildman–Crippen MR) is 88.1 cm³/mol. The number of thiophene rings is 1. The Bertz CT molecular complexity index is 632. The number of benzene rings is 1. The van der Waals surface area contributed by atoms with Gasteiger partial charge in [-0.2, -0.15) is 0 Å². The molecule has 1 unspecified atom stereocenters. The number of urea groups is 1. The van der Waals surface area contributed by atoms with E-state index in [9.17, 15) is 9.18 Å². The molecule has 116 valence electrons. The van der Waals surface area contributed by atoms with Crippen molar-refractivity contribution in [2.45, 2.75) is 6.42 Å². The van der Waals surface area contributed by atoms with Gasteiger partial charge in [0.25, 0.3) is 0 Å². The lowest BCUT2D eigenvalue weighted by molar-refractivity contribution is 0.250. The van der Waals surface area contributed by atoms with Crippen molar-refractivity contribution in [3.63, 3.8) is 0 Å². The van der Waals surface area contributed by atoms with E-state index < -0.39 is 0 Å². The standard InChI is InChI=1S/C16H18FN3OS/c17-13-3-1-4-14(9-13)20-7-6-12(11-20)10-18-16(21)19-15-5-2-8-22-15/h1-5,8-9,12H,6-7,10-11H2,(H2,18,19,21). The van der Waals surface area contributed by atoms with Gasteiger partial charge in [0.15, 0.2) is 0 Å². The topological polar surface area (TPSA) is 44.4 Å². The first-order chi connectivity index (χ1) is 10.7. The van der Waals surface area contributed by atoms with E-state index in [1.807, 2.05) is 23.6 Å². The van der Waals surface area contributed by atoms with Crippen molar-refractivity contribution in [3.8, 4) is 0 Å². The molecule has 22 heavy (non-hydrogen) atoms. The van der Waals surface area contributed by atoms with Crippen molar-refractivity contribution >= 4 is 28.1 Å². The van der Waals surface area contributed by atoms with Crippen LogP contribution in [0.25, 0.3) is 0 Å². The average Bonchev–Trinajstić information content (AvgIpc) is 3.16. The lowest BCUT2D eigenvalue weighted by Crippen LogP contribution is -2.34. The van der Waals surface area contributed by atoms with Crippen molar-refractivity contribution in [1.29, 1.82) is 0 Å². The number of nitrogens with one attached hydrogen (secondary N) is 2. The predicted octanol–water partition coefficient (Wildman–Crippen LogP) is 3.54. The van der Waals surface area contributed by atoms with Gasteiger partial charge in [-0.1, -0.05) is 6.07 Å². The summed E-state index contributed by atoms with van der Waals surface area (Å²) in [6.07, 6.45) is 0.996. The summed E-state index contributed by atoms with van der Waals surface area (Å²) in [6.45, 7) is 2.36. The average molecular weight is 319 g/mol. The Hall–Kier alpha value is -2.08. The molecule has 4 nitrogen and oxygen atoms in total. The van der Waals surface area contributed by atoms with Crippen LogP contribution in [0.5, 0.6) is 0 Å². The second kappa shape index (κ2) is 6.79. The Morgan fingerprint density at radius 2 is 2.27 bits per heavy atom. The number of carbonyl (C=O) groups excluding carboxylic acids is 1. The lowest BCUT2D eigenvalue weighted by atomic mass is 10.1. The summed E-state index contributed by atoms with van der Waals surface area (Å²) in [4.78, 5) is 13.9. The Balaban J connectivity index is 1.46. The highest BCUT2D eigenvalue weighted by Crippen LogP contribution is 2.24. The van der Waals surface area contributed by atoms with Gasteiger partial charge in [0.1, 0.15) is 5.82 Å². The van der Waals surface area contributed by atoms with Crippen LogP contribution in [0, 0.1) is 11.7 Å². The number of carbonyl (C=O) groups is 1. The Morgan fingerprint density at radius 3 is 3.05 bits per heavy atom. The van der Waals surface area contributed by atoms with Gasteiger partial charge in [-0.25, -0.2) is 9.18 Å². The molecule has 0 radical (unpaired) electrons. The molecule has 2 heterocycles. The molecule has 0 spiro atoms. The van der Waals surface area contributed by atoms with Crippen molar-refractivity contribution in [3.05, 3.63) is 47.6 Å². The zero-order valence-corrected chi connectivity index (χ0v) is 12.9.